The summed E-state index contributed by atoms with van der Waals surface area (Å²) in [4.78, 5) is 16.3. The summed E-state index contributed by atoms with van der Waals surface area (Å²) >= 11 is 6.08. The van der Waals surface area contributed by atoms with Gasteiger partial charge in [-0.3, -0.25) is 9.69 Å². The van der Waals surface area contributed by atoms with Gasteiger partial charge in [0.05, 0.1) is 11.3 Å². The molecule has 0 unspecified atom stereocenters. The molecule has 1 aliphatic heterocycles. The molecule has 1 aliphatic rings. The molecule has 0 atom stereocenters. The van der Waals surface area contributed by atoms with Crippen LogP contribution in [0, 0.1) is 5.82 Å². The average molecular weight is 426 g/mol. The molecule has 2 N–H and O–H groups in total. The standard InChI is InChI=1S/C19H21ClFN3O3S/c20-17-2-1-3-18(21)16(17)13-23-8-10-24(11-9-23)19(25)12-14-4-6-15(7-5-14)28(22,26)27/h1-7H,8-13H2,(H2,22,26,27). The monoisotopic (exact) mass is 425 g/mol. The van der Waals surface area contributed by atoms with E-state index in [0.29, 0.717) is 43.3 Å². The quantitative estimate of drug-likeness (QED) is 0.794. The maximum atomic E-state index is 13.9. The fraction of sp³-hybridized carbons (Fsp3) is 0.316. The topological polar surface area (TPSA) is 83.7 Å². The summed E-state index contributed by atoms with van der Waals surface area (Å²) in [7, 11) is -3.74. The number of amides is 1. The van der Waals surface area contributed by atoms with Crippen molar-refractivity contribution < 1.29 is 17.6 Å². The number of nitrogens with zero attached hydrogens (tertiary/aromatic N) is 2. The summed E-state index contributed by atoms with van der Waals surface area (Å²) in [5, 5.41) is 5.48. The van der Waals surface area contributed by atoms with E-state index in [2.05, 4.69) is 4.90 Å². The summed E-state index contributed by atoms with van der Waals surface area (Å²) in [6.07, 6.45) is 0.185. The minimum atomic E-state index is -3.74. The highest BCUT2D eigenvalue weighted by molar-refractivity contribution is 7.89. The molecule has 1 amide bonds. The van der Waals surface area contributed by atoms with E-state index < -0.39 is 10.0 Å². The van der Waals surface area contributed by atoms with Crippen LogP contribution >= 0.6 is 11.6 Å². The molecule has 0 radical (unpaired) electrons. The van der Waals surface area contributed by atoms with E-state index >= 15 is 0 Å². The number of rotatable bonds is 5. The number of benzene rings is 2. The van der Waals surface area contributed by atoms with Gasteiger partial charge < -0.3 is 4.90 Å². The van der Waals surface area contributed by atoms with E-state index in [1.54, 1.807) is 29.2 Å². The lowest BCUT2D eigenvalue weighted by molar-refractivity contribution is -0.132. The van der Waals surface area contributed by atoms with Gasteiger partial charge in [-0.25, -0.2) is 17.9 Å². The first-order valence-electron chi connectivity index (χ1n) is 8.79. The first-order chi connectivity index (χ1) is 13.2. The Morgan fingerprint density at radius 3 is 2.29 bits per heavy atom. The van der Waals surface area contributed by atoms with Crippen molar-refractivity contribution in [3.63, 3.8) is 0 Å². The van der Waals surface area contributed by atoms with Gasteiger partial charge in [0.25, 0.3) is 0 Å². The normalized spacial score (nSPS) is 15.6. The molecule has 1 fully saturated rings. The zero-order chi connectivity index (χ0) is 20.3. The van der Waals surface area contributed by atoms with E-state index in [4.69, 9.17) is 16.7 Å². The largest absolute Gasteiger partial charge is 0.340 e. The van der Waals surface area contributed by atoms with Crippen LogP contribution < -0.4 is 5.14 Å². The Hall–Kier alpha value is -2.00. The van der Waals surface area contributed by atoms with Gasteiger partial charge in [-0.15, -0.1) is 0 Å². The number of carbonyl (C=O) groups excluding carboxylic acids is 1. The van der Waals surface area contributed by atoms with Crippen molar-refractivity contribution in [3.05, 3.63) is 64.4 Å². The second kappa shape index (κ2) is 8.57. The van der Waals surface area contributed by atoms with Crippen LogP contribution in [0.5, 0.6) is 0 Å². The molecule has 0 aliphatic carbocycles. The average Bonchev–Trinajstić information content (AvgIpc) is 2.65. The highest BCUT2D eigenvalue weighted by atomic mass is 35.5. The number of nitrogens with two attached hydrogens (primary N) is 1. The Morgan fingerprint density at radius 2 is 1.71 bits per heavy atom. The van der Waals surface area contributed by atoms with Crippen LogP contribution in [-0.4, -0.2) is 50.3 Å². The Kier molecular flexibility index (Phi) is 6.34. The van der Waals surface area contributed by atoms with E-state index in [9.17, 15) is 17.6 Å². The van der Waals surface area contributed by atoms with E-state index in [0.717, 1.165) is 5.56 Å². The molecule has 0 spiro atoms. The number of piperazine rings is 1. The summed E-state index contributed by atoms with van der Waals surface area (Å²) < 4.78 is 36.5. The van der Waals surface area contributed by atoms with Crippen molar-refractivity contribution in [2.24, 2.45) is 5.14 Å². The van der Waals surface area contributed by atoms with Gasteiger partial charge in [0, 0.05) is 43.3 Å². The van der Waals surface area contributed by atoms with Crippen LogP contribution in [0.1, 0.15) is 11.1 Å². The van der Waals surface area contributed by atoms with Gasteiger partial charge in [0.15, 0.2) is 0 Å². The molecule has 2 aromatic carbocycles. The summed E-state index contributed by atoms with van der Waals surface area (Å²) in [6, 6.07) is 10.6. The molecule has 1 saturated heterocycles. The molecule has 3 rings (SSSR count). The van der Waals surface area contributed by atoms with Crippen LogP contribution in [-0.2, 0) is 27.8 Å². The third-order valence-electron chi connectivity index (χ3n) is 4.78. The fourth-order valence-electron chi connectivity index (χ4n) is 3.15. The summed E-state index contributed by atoms with van der Waals surface area (Å²) in [5.41, 5.74) is 1.19. The van der Waals surface area contributed by atoms with Gasteiger partial charge in [-0.1, -0.05) is 29.8 Å². The van der Waals surface area contributed by atoms with E-state index in [1.807, 2.05) is 0 Å². The third kappa shape index (κ3) is 5.08. The summed E-state index contributed by atoms with van der Waals surface area (Å²) in [6.45, 7) is 2.74. The van der Waals surface area contributed by atoms with Crippen LogP contribution in [0.3, 0.4) is 0 Å². The summed E-state index contributed by atoms with van der Waals surface area (Å²) in [5.74, 6) is -0.360. The van der Waals surface area contributed by atoms with Gasteiger partial charge in [-0.2, -0.15) is 0 Å². The highest BCUT2D eigenvalue weighted by Gasteiger charge is 2.22. The van der Waals surface area contributed by atoms with Gasteiger partial charge in [0.1, 0.15) is 5.82 Å². The first-order valence-corrected chi connectivity index (χ1v) is 10.7. The number of hydrogen-bond donors (Lipinski definition) is 1. The van der Waals surface area contributed by atoms with Crippen LogP contribution in [0.2, 0.25) is 5.02 Å². The van der Waals surface area contributed by atoms with E-state index in [1.165, 1.54) is 18.2 Å². The lowest BCUT2D eigenvalue weighted by atomic mass is 10.1. The third-order valence-corrected chi connectivity index (χ3v) is 6.06. The molecule has 1 heterocycles. The Labute approximate surface area is 168 Å². The van der Waals surface area contributed by atoms with Crippen molar-refractivity contribution in [3.8, 4) is 0 Å². The lowest BCUT2D eigenvalue weighted by Crippen LogP contribution is -2.48. The van der Waals surface area contributed by atoms with Crippen molar-refractivity contribution >= 4 is 27.5 Å². The van der Waals surface area contributed by atoms with Crippen LogP contribution in [0.4, 0.5) is 4.39 Å². The molecule has 9 heteroatoms. The van der Waals surface area contributed by atoms with Crippen LogP contribution in [0.15, 0.2) is 47.4 Å². The molecule has 6 nitrogen and oxygen atoms in total. The zero-order valence-electron chi connectivity index (χ0n) is 15.1. The van der Waals surface area contributed by atoms with Gasteiger partial charge in [-0.05, 0) is 29.8 Å². The first kappa shape index (κ1) is 20.7. The minimum Gasteiger partial charge on any atom is -0.340 e. The molecule has 2 aromatic rings. The number of carbonyl (C=O) groups is 1. The maximum Gasteiger partial charge on any atom is 0.238 e. The Morgan fingerprint density at radius 1 is 1.07 bits per heavy atom. The molecular weight excluding hydrogens is 405 g/mol. The number of halogens is 2. The molecule has 28 heavy (non-hydrogen) atoms. The Balaban J connectivity index is 1.54. The maximum absolute atomic E-state index is 13.9. The smallest absolute Gasteiger partial charge is 0.238 e. The minimum absolute atomic E-state index is 0.0177. The predicted octanol–water partition coefficient (Wildman–Crippen LogP) is 2.01. The molecular formula is C19H21ClFN3O3S. The van der Waals surface area contributed by atoms with Gasteiger partial charge >= 0.3 is 0 Å². The SMILES string of the molecule is NS(=O)(=O)c1ccc(CC(=O)N2CCN(Cc3c(F)cccc3Cl)CC2)cc1. The molecule has 150 valence electrons. The van der Waals surface area contributed by atoms with Crippen LogP contribution in [0.25, 0.3) is 0 Å². The lowest BCUT2D eigenvalue weighted by Gasteiger charge is -2.35. The number of hydrogen-bond acceptors (Lipinski definition) is 4. The van der Waals surface area contributed by atoms with Crippen molar-refractivity contribution in [2.75, 3.05) is 26.2 Å². The molecule has 0 bridgehead atoms. The predicted molar refractivity (Wildman–Crippen MR) is 105 cm³/mol. The second-order valence-electron chi connectivity index (χ2n) is 6.72. The van der Waals surface area contributed by atoms with Crippen molar-refractivity contribution in [1.29, 1.82) is 0 Å². The van der Waals surface area contributed by atoms with Crippen molar-refractivity contribution in [1.82, 2.24) is 9.80 Å². The molecule has 0 saturated carbocycles. The van der Waals surface area contributed by atoms with Crippen molar-refractivity contribution in [2.45, 2.75) is 17.9 Å². The van der Waals surface area contributed by atoms with Gasteiger partial charge in [0.2, 0.25) is 15.9 Å². The highest BCUT2D eigenvalue weighted by Crippen LogP contribution is 2.21. The number of sulfonamides is 1. The second-order valence-corrected chi connectivity index (χ2v) is 8.69. The molecule has 0 aromatic heterocycles. The van der Waals surface area contributed by atoms with E-state index in [-0.39, 0.29) is 23.0 Å². The number of primary sulfonamides is 1. The Bertz CT molecular complexity index is 939. The fourth-order valence-corrected chi connectivity index (χ4v) is 3.88. The zero-order valence-corrected chi connectivity index (χ0v) is 16.7.